The first-order valence-electron chi connectivity index (χ1n) is 19.4. The second kappa shape index (κ2) is 13.6. The first-order chi connectivity index (χ1) is 28.7. The summed E-state index contributed by atoms with van der Waals surface area (Å²) in [6, 6.07) is 71.8. The van der Waals surface area contributed by atoms with E-state index in [1.54, 1.807) is 0 Å². The Labute approximate surface area is 335 Å². The maximum Gasteiger partial charge on any atom is 0.161 e. The summed E-state index contributed by atoms with van der Waals surface area (Å²) >= 11 is 0. The second-order valence-electron chi connectivity index (χ2n) is 14.5. The number of rotatable bonds is 6. The van der Waals surface area contributed by atoms with Gasteiger partial charge in [0.2, 0.25) is 0 Å². The maximum absolute atomic E-state index is 10.3. The molecular formula is C53H33N5. The molecule has 0 saturated heterocycles. The fourth-order valence-corrected chi connectivity index (χ4v) is 8.57. The third kappa shape index (κ3) is 5.39. The SMILES string of the molecule is N#Cc1ccc(-n2c3ccccc3c3cc(-n4c5ccccc5c5ccccc54)ccc32)c(-c2ccccc2-c2nc(-c3ccccc3)cc(-c3ccccc3)n2)c1. The topological polar surface area (TPSA) is 59.4 Å². The quantitative estimate of drug-likeness (QED) is 0.171. The Kier molecular flexibility index (Phi) is 7.80. The molecule has 0 bridgehead atoms. The molecular weight excluding hydrogens is 707 g/mol. The Morgan fingerprint density at radius 1 is 0.379 bits per heavy atom. The lowest BCUT2D eigenvalue weighted by molar-refractivity contribution is 1.16. The van der Waals surface area contributed by atoms with Gasteiger partial charge in [-0.25, -0.2) is 9.97 Å². The zero-order valence-corrected chi connectivity index (χ0v) is 31.3. The summed E-state index contributed by atoms with van der Waals surface area (Å²) in [5.41, 5.74) is 13.6. The monoisotopic (exact) mass is 739 g/mol. The predicted molar refractivity (Wildman–Crippen MR) is 237 cm³/mol. The van der Waals surface area contributed by atoms with Crippen LogP contribution >= 0.6 is 0 Å². The van der Waals surface area contributed by atoms with Crippen LogP contribution < -0.4 is 0 Å². The molecule has 3 aromatic heterocycles. The number of aromatic nitrogens is 4. The van der Waals surface area contributed by atoms with Gasteiger partial charge in [0.05, 0.1) is 50.8 Å². The van der Waals surface area contributed by atoms with Crippen LogP contribution in [0.1, 0.15) is 5.56 Å². The molecule has 0 N–H and O–H groups in total. The summed E-state index contributed by atoms with van der Waals surface area (Å²) in [5.74, 6) is 0.613. The average Bonchev–Trinajstić information content (AvgIpc) is 3.82. The van der Waals surface area contributed by atoms with Crippen LogP contribution in [0.5, 0.6) is 0 Å². The minimum Gasteiger partial charge on any atom is -0.309 e. The fraction of sp³-hybridized carbons (Fsp3) is 0. The lowest BCUT2D eigenvalue weighted by Gasteiger charge is -2.18. The van der Waals surface area contributed by atoms with E-state index in [9.17, 15) is 5.26 Å². The zero-order valence-electron chi connectivity index (χ0n) is 31.3. The van der Waals surface area contributed by atoms with Crippen molar-refractivity contribution in [3.63, 3.8) is 0 Å². The number of nitriles is 1. The van der Waals surface area contributed by atoms with Gasteiger partial charge in [0.1, 0.15) is 0 Å². The molecule has 8 aromatic carbocycles. The van der Waals surface area contributed by atoms with Crippen LogP contribution in [0.25, 0.3) is 100 Å². The molecule has 0 aliphatic carbocycles. The van der Waals surface area contributed by atoms with Crippen molar-refractivity contribution in [3.8, 4) is 62.5 Å². The van der Waals surface area contributed by atoms with Crippen molar-refractivity contribution in [3.05, 3.63) is 206 Å². The second-order valence-corrected chi connectivity index (χ2v) is 14.5. The van der Waals surface area contributed by atoms with Crippen LogP contribution in [0.3, 0.4) is 0 Å². The molecule has 11 rings (SSSR count). The first kappa shape index (κ1) is 33.3. The summed E-state index contributed by atoms with van der Waals surface area (Å²) in [6.07, 6.45) is 0. The van der Waals surface area contributed by atoms with Crippen LogP contribution in [-0.4, -0.2) is 19.1 Å². The molecule has 0 amide bonds. The van der Waals surface area contributed by atoms with Gasteiger partial charge in [-0.2, -0.15) is 5.26 Å². The highest BCUT2D eigenvalue weighted by atomic mass is 15.0. The third-order valence-electron chi connectivity index (χ3n) is 11.2. The molecule has 3 heterocycles. The van der Waals surface area contributed by atoms with E-state index in [1.165, 1.54) is 21.8 Å². The highest BCUT2D eigenvalue weighted by Gasteiger charge is 2.21. The molecule has 0 spiro atoms. The van der Waals surface area contributed by atoms with Crippen LogP contribution in [0.2, 0.25) is 0 Å². The van der Waals surface area contributed by atoms with Gasteiger partial charge in [-0.1, -0.05) is 140 Å². The van der Waals surface area contributed by atoms with Crippen molar-refractivity contribution >= 4 is 43.6 Å². The van der Waals surface area contributed by atoms with E-state index >= 15 is 0 Å². The normalized spacial score (nSPS) is 11.4. The van der Waals surface area contributed by atoms with Gasteiger partial charge in [0, 0.05) is 49.5 Å². The number of para-hydroxylation sites is 3. The number of hydrogen-bond donors (Lipinski definition) is 0. The highest BCUT2D eigenvalue weighted by molar-refractivity contribution is 6.12. The van der Waals surface area contributed by atoms with Gasteiger partial charge in [-0.3, -0.25) is 0 Å². The molecule has 0 atom stereocenters. The van der Waals surface area contributed by atoms with Gasteiger partial charge < -0.3 is 9.13 Å². The Hall–Kier alpha value is -8.07. The minimum atomic E-state index is 0.576. The lowest BCUT2D eigenvalue weighted by atomic mass is 9.95. The summed E-state index contributed by atoms with van der Waals surface area (Å²) in [6.45, 7) is 0. The van der Waals surface area contributed by atoms with E-state index in [-0.39, 0.29) is 0 Å². The van der Waals surface area contributed by atoms with Gasteiger partial charge in [0.15, 0.2) is 5.82 Å². The molecule has 0 unspecified atom stereocenters. The molecule has 58 heavy (non-hydrogen) atoms. The van der Waals surface area contributed by atoms with Crippen molar-refractivity contribution in [2.75, 3.05) is 0 Å². The largest absolute Gasteiger partial charge is 0.309 e. The molecule has 0 saturated carbocycles. The molecule has 0 aliphatic heterocycles. The third-order valence-corrected chi connectivity index (χ3v) is 11.2. The fourth-order valence-electron chi connectivity index (χ4n) is 8.57. The van der Waals surface area contributed by atoms with Crippen LogP contribution in [0, 0.1) is 11.3 Å². The van der Waals surface area contributed by atoms with Crippen LogP contribution in [0.4, 0.5) is 0 Å². The van der Waals surface area contributed by atoms with E-state index in [1.807, 2.05) is 60.7 Å². The summed E-state index contributed by atoms with van der Waals surface area (Å²) in [4.78, 5) is 10.4. The van der Waals surface area contributed by atoms with Crippen LogP contribution in [-0.2, 0) is 0 Å². The maximum atomic E-state index is 10.3. The number of benzene rings is 8. The zero-order chi connectivity index (χ0) is 38.6. The summed E-state index contributed by atoms with van der Waals surface area (Å²) in [7, 11) is 0. The van der Waals surface area contributed by atoms with Crippen molar-refractivity contribution < 1.29 is 0 Å². The number of fused-ring (bicyclic) bond motifs is 6. The molecule has 5 nitrogen and oxygen atoms in total. The smallest absolute Gasteiger partial charge is 0.161 e. The van der Waals surface area contributed by atoms with E-state index in [0.717, 1.165) is 72.4 Å². The molecule has 270 valence electrons. The Bertz CT molecular complexity index is 3290. The molecule has 0 radical (unpaired) electrons. The highest BCUT2D eigenvalue weighted by Crippen LogP contribution is 2.41. The Morgan fingerprint density at radius 3 is 1.48 bits per heavy atom. The molecule has 0 aliphatic rings. The summed E-state index contributed by atoms with van der Waals surface area (Å²) in [5, 5.41) is 15.0. The summed E-state index contributed by atoms with van der Waals surface area (Å²) < 4.78 is 4.71. The first-order valence-corrected chi connectivity index (χ1v) is 19.4. The number of nitrogens with zero attached hydrogens (tertiary/aromatic N) is 5. The predicted octanol–water partition coefficient (Wildman–Crippen LogP) is 13.2. The van der Waals surface area contributed by atoms with Gasteiger partial charge in [-0.05, 0) is 66.2 Å². The van der Waals surface area contributed by atoms with E-state index in [0.29, 0.717) is 11.4 Å². The lowest BCUT2D eigenvalue weighted by Crippen LogP contribution is -2.01. The minimum absolute atomic E-state index is 0.576. The Balaban J connectivity index is 1.14. The molecule has 11 aromatic rings. The van der Waals surface area contributed by atoms with E-state index in [4.69, 9.17) is 9.97 Å². The van der Waals surface area contributed by atoms with E-state index < -0.39 is 0 Å². The van der Waals surface area contributed by atoms with Gasteiger partial charge in [-0.15, -0.1) is 0 Å². The van der Waals surface area contributed by atoms with Crippen LogP contribution in [0.15, 0.2) is 200 Å². The standard InChI is InChI=1S/C53H33N5/c54-34-35-27-29-51(44(31-35)39-19-7-8-23-43(39)53-55-46(36-15-3-1-4-16-36)33-47(56-53)37-17-5-2-6-18-37)58-50-26-14-11-22-42(50)45-32-38(28-30-52(45)58)57-48-24-12-9-20-40(48)41-21-10-13-25-49(41)57/h1-33H. The average molecular weight is 740 g/mol. The molecule has 0 fully saturated rings. The Morgan fingerprint density at radius 2 is 0.879 bits per heavy atom. The number of hydrogen-bond acceptors (Lipinski definition) is 3. The van der Waals surface area contributed by atoms with Gasteiger partial charge >= 0.3 is 0 Å². The molecule has 5 heteroatoms. The van der Waals surface area contributed by atoms with Crippen molar-refractivity contribution in [2.45, 2.75) is 0 Å². The van der Waals surface area contributed by atoms with Gasteiger partial charge in [0.25, 0.3) is 0 Å². The van der Waals surface area contributed by atoms with Crippen molar-refractivity contribution in [2.24, 2.45) is 0 Å². The van der Waals surface area contributed by atoms with Crippen molar-refractivity contribution in [1.29, 1.82) is 5.26 Å². The van der Waals surface area contributed by atoms with E-state index in [2.05, 4.69) is 155 Å². The van der Waals surface area contributed by atoms with Crippen molar-refractivity contribution in [1.82, 2.24) is 19.1 Å².